The molecule has 4 nitrogen and oxygen atoms in total. The Morgan fingerprint density at radius 2 is 2.26 bits per heavy atom. The van der Waals surface area contributed by atoms with Gasteiger partial charge in [-0.25, -0.2) is 0 Å². The van der Waals surface area contributed by atoms with Gasteiger partial charge in [-0.15, -0.1) is 11.3 Å². The molecule has 1 amide bonds. The van der Waals surface area contributed by atoms with Gasteiger partial charge in [-0.2, -0.15) is 0 Å². The SMILES string of the molecule is NC(c1ccc2c(c1)NC(=O)CO2)c1sccc1Cl. The van der Waals surface area contributed by atoms with Gasteiger partial charge in [0.25, 0.3) is 5.91 Å². The molecule has 98 valence electrons. The third kappa shape index (κ3) is 2.32. The van der Waals surface area contributed by atoms with E-state index in [1.165, 1.54) is 11.3 Å². The molecule has 0 fully saturated rings. The van der Waals surface area contributed by atoms with Crippen molar-refractivity contribution in [2.45, 2.75) is 6.04 Å². The van der Waals surface area contributed by atoms with Crippen LogP contribution in [0.5, 0.6) is 5.75 Å². The van der Waals surface area contributed by atoms with Crippen LogP contribution in [0.1, 0.15) is 16.5 Å². The summed E-state index contributed by atoms with van der Waals surface area (Å²) in [6, 6.07) is 7.04. The lowest BCUT2D eigenvalue weighted by Gasteiger charge is -2.20. The number of nitrogens with two attached hydrogens (primary N) is 1. The van der Waals surface area contributed by atoms with Crippen molar-refractivity contribution in [3.8, 4) is 5.75 Å². The highest BCUT2D eigenvalue weighted by molar-refractivity contribution is 7.10. The first-order valence-corrected chi connectivity index (χ1v) is 6.96. The monoisotopic (exact) mass is 294 g/mol. The first-order chi connectivity index (χ1) is 9.15. The van der Waals surface area contributed by atoms with Gasteiger partial charge in [-0.05, 0) is 29.1 Å². The second-order valence-electron chi connectivity index (χ2n) is 4.20. The quantitative estimate of drug-likeness (QED) is 0.895. The summed E-state index contributed by atoms with van der Waals surface area (Å²) in [6.07, 6.45) is 0. The molecule has 1 aliphatic rings. The molecular weight excluding hydrogens is 284 g/mol. The summed E-state index contributed by atoms with van der Waals surface area (Å²) in [5.74, 6) is 0.500. The van der Waals surface area contributed by atoms with Crippen molar-refractivity contribution in [2.24, 2.45) is 5.73 Å². The summed E-state index contributed by atoms with van der Waals surface area (Å²) >= 11 is 7.60. The van der Waals surface area contributed by atoms with E-state index in [9.17, 15) is 4.79 Å². The minimum Gasteiger partial charge on any atom is -0.482 e. The number of ether oxygens (including phenoxy) is 1. The lowest BCUT2D eigenvalue weighted by molar-refractivity contribution is -0.118. The number of carbonyl (C=O) groups excluding carboxylic acids is 1. The van der Waals surface area contributed by atoms with Crippen molar-refractivity contribution in [3.63, 3.8) is 0 Å². The largest absolute Gasteiger partial charge is 0.482 e. The molecule has 0 spiro atoms. The fourth-order valence-electron chi connectivity index (χ4n) is 1.97. The van der Waals surface area contributed by atoms with Gasteiger partial charge in [0.2, 0.25) is 0 Å². The molecule has 3 N–H and O–H groups in total. The molecule has 0 aliphatic carbocycles. The van der Waals surface area contributed by atoms with E-state index in [4.69, 9.17) is 22.1 Å². The molecule has 0 bridgehead atoms. The van der Waals surface area contributed by atoms with Crippen LogP contribution in [0.25, 0.3) is 0 Å². The number of amides is 1. The summed E-state index contributed by atoms with van der Waals surface area (Å²) in [5, 5.41) is 5.33. The number of hydrogen-bond acceptors (Lipinski definition) is 4. The Bertz CT molecular complexity index is 641. The Labute approximate surface area is 119 Å². The normalized spacial score (nSPS) is 15.4. The number of nitrogens with one attached hydrogen (secondary N) is 1. The highest BCUT2D eigenvalue weighted by Gasteiger charge is 2.19. The average molecular weight is 295 g/mol. The third-order valence-electron chi connectivity index (χ3n) is 2.92. The molecule has 0 saturated heterocycles. The standard InChI is InChI=1S/C13H11ClN2O2S/c14-8-3-4-19-13(8)12(15)7-1-2-10-9(5-7)16-11(17)6-18-10/h1-5,12H,6,15H2,(H,16,17). The Balaban J connectivity index is 1.96. The zero-order valence-electron chi connectivity index (χ0n) is 9.85. The van der Waals surface area contributed by atoms with Crippen molar-refractivity contribution >= 4 is 34.5 Å². The van der Waals surface area contributed by atoms with Crippen molar-refractivity contribution in [2.75, 3.05) is 11.9 Å². The second-order valence-corrected chi connectivity index (χ2v) is 5.56. The molecule has 2 heterocycles. The van der Waals surface area contributed by atoms with E-state index in [1.54, 1.807) is 0 Å². The van der Waals surface area contributed by atoms with Crippen molar-refractivity contribution in [1.29, 1.82) is 0 Å². The van der Waals surface area contributed by atoms with E-state index in [2.05, 4.69) is 5.32 Å². The van der Waals surface area contributed by atoms with Crippen LogP contribution in [-0.2, 0) is 4.79 Å². The molecule has 1 aliphatic heterocycles. The summed E-state index contributed by atoms with van der Waals surface area (Å²) in [5.41, 5.74) is 7.73. The van der Waals surface area contributed by atoms with Gasteiger partial charge in [-0.3, -0.25) is 4.79 Å². The van der Waals surface area contributed by atoms with E-state index in [0.717, 1.165) is 10.4 Å². The summed E-state index contributed by atoms with van der Waals surface area (Å²) in [4.78, 5) is 12.2. The molecule has 1 atom stereocenters. The minimum atomic E-state index is -0.309. The first kappa shape index (κ1) is 12.5. The Hall–Kier alpha value is -1.56. The van der Waals surface area contributed by atoms with Crippen molar-refractivity contribution in [1.82, 2.24) is 0 Å². The summed E-state index contributed by atoms with van der Waals surface area (Å²) in [7, 11) is 0. The van der Waals surface area contributed by atoms with Crippen molar-refractivity contribution < 1.29 is 9.53 Å². The van der Waals surface area contributed by atoms with Gasteiger partial charge >= 0.3 is 0 Å². The predicted molar refractivity (Wildman–Crippen MR) is 75.9 cm³/mol. The van der Waals surface area contributed by atoms with Crippen LogP contribution in [0.15, 0.2) is 29.6 Å². The zero-order valence-corrected chi connectivity index (χ0v) is 11.4. The maximum atomic E-state index is 11.3. The fraction of sp³-hybridized carbons (Fsp3) is 0.154. The Morgan fingerprint density at radius 1 is 1.42 bits per heavy atom. The number of fused-ring (bicyclic) bond motifs is 1. The molecule has 1 unspecified atom stereocenters. The van der Waals surface area contributed by atoms with E-state index < -0.39 is 0 Å². The smallest absolute Gasteiger partial charge is 0.262 e. The molecule has 0 saturated carbocycles. The first-order valence-electron chi connectivity index (χ1n) is 5.70. The van der Waals surface area contributed by atoms with E-state index in [-0.39, 0.29) is 18.6 Å². The zero-order chi connectivity index (χ0) is 13.4. The van der Waals surface area contributed by atoms with Crippen LogP contribution >= 0.6 is 22.9 Å². The third-order valence-corrected chi connectivity index (χ3v) is 4.36. The number of benzene rings is 1. The lowest BCUT2D eigenvalue weighted by Crippen LogP contribution is -2.25. The number of halogens is 1. The Kier molecular flexibility index (Phi) is 3.18. The summed E-state index contributed by atoms with van der Waals surface area (Å²) in [6.45, 7) is 0.0507. The Morgan fingerprint density at radius 3 is 3.00 bits per heavy atom. The number of rotatable bonds is 2. The number of anilines is 1. The fourth-order valence-corrected chi connectivity index (χ4v) is 3.18. The highest BCUT2D eigenvalue weighted by atomic mass is 35.5. The van der Waals surface area contributed by atoms with Gasteiger partial charge < -0.3 is 15.8 Å². The van der Waals surface area contributed by atoms with Crippen LogP contribution in [0.3, 0.4) is 0 Å². The molecule has 19 heavy (non-hydrogen) atoms. The van der Waals surface area contributed by atoms with Gasteiger partial charge in [0.15, 0.2) is 6.61 Å². The van der Waals surface area contributed by atoms with Crippen molar-refractivity contribution in [3.05, 3.63) is 45.1 Å². The predicted octanol–water partition coefficient (Wildman–Crippen LogP) is 2.78. The van der Waals surface area contributed by atoms with Crippen LogP contribution in [0, 0.1) is 0 Å². The maximum Gasteiger partial charge on any atom is 0.262 e. The van der Waals surface area contributed by atoms with Gasteiger partial charge in [0.1, 0.15) is 5.75 Å². The second kappa shape index (κ2) is 4.85. The van der Waals surface area contributed by atoms with Gasteiger partial charge in [-0.1, -0.05) is 17.7 Å². The number of thiophene rings is 1. The van der Waals surface area contributed by atoms with Gasteiger partial charge in [0, 0.05) is 4.88 Å². The molecular formula is C13H11ClN2O2S. The van der Waals surface area contributed by atoms with Crippen LogP contribution in [-0.4, -0.2) is 12.5 Å². The van der Waals surface area contributed by atoms with E-state index in [1.807, 2.05) is 29.6 Å². The van der Waals surface area contributed by atoms with Crippen LogP contribution in [0.4, 0.5) is 5.69 Å². The molecule has 2 aromatic rings. The summed E-state index contributed by atoms with van der Waals surface area (Å²) < 4.78 is 5.31. The van der Waals surface area contributed by atoms with E-state index in [0.29, 0.717) is 16.5 Å². The average Bonchev–Trinajstić information content (AvgIpc) is 2.83. The highest BCUT2D eigenvalue weighted by Crippen LogP contribution is 2.35. The molecule has 3 rings (SSSR count). The van der Waals surface area contributed by atoms with Crippen LogP contribution in [0.2, 0.25) is 5.02 Å². The number of carbonyl (C=O) groups is 1. The topological polar surface area (TPSA) is 64.3 Å². The molecule has 0 radical (unpaired) electrons. The molecule has 6 heteroatoms. The number of hydrogen-bond donors (Lipinski definition) is 2. The molecule has 1 aromatic heterocycles. The lowest BCUT2D eigenvalue weighted by atomic mass is 10.0. The maximum absolute atomic E-state index is 11.3. The van der Waals surface area contributed by atoms with E-state index >= 15 is 0 Å². The minimum absolute atomic E-state index is 0.0507. The molecule has 1 aromatic carbocycles. The van der Waals surface area contributed by atoms with Crippen LogP contribution < -0.4 is 15.8 Å². The van der Waals surface area contributed by atoms with Gasteiger partial charge in [0.05, 0.1) is 16.8 Å².